The highest BCUT2D eigenvalue weighted by Crippen LogP contribution is 2.39. The van der Waals surface area contributed by atoms with E-state index >= 15 is 0 Å². The van der Waals surface area contributed by atoms with Gasteiger partial charge in [-0.2, -0.15) is 0 Å². The summed E-state index contributed by atoms with van der Waals surface area (Å²) in [5.74, 6) is 1.86. The van der Waals surface area contributed by atoms with E-state index in [-0.39, 0.29) is 13.4 Å². The fourth-order valence-corrected chi connectivity index (χ4v) is 2.46. The van der Waals surface area contributed by atoms with Gasteiger partial charge in [-0.15, -0.1) is 0 Å². The van der Waals surface area contributed by atoms with Crippen molar-refractivity contribution in [3.05, 3.63) is 22.7 Å². The van der Waals surface area contributed by atoms with Crippen LogP contribution < -0.4 is 14.8 Å². The smallest absolute Gasteiger partial charge is 0.231 e. The van der Waals surface area contributed by atoms with Crippen molar-refractivity contribution in [1.82, 2.24) is 5.32 Å². The molecule has 4 nitrogen and oxygen atoms in total. The zero-order valence-corrected chi connectivity index (χ0v) is 11.9. The van der Waals surface area contributed by atoms with E-state index in [0.29, 0.717) is 22.4 Å². The maximum atomic E-state index is 8.95. The molecule has 0 aliphatic carbocycles. The number of ether oxygens (including phenoxy) is 2. The third kappa shape index (κ3) is 3.75. The molecule has 106 valence electrons. The van der Waals surface area contributed by atoms with E-state index in [1.54, 1.807) is 0 Å². The maximum Gasteiger partial charge on any atom is 0.231 e. The molecule has 0 amide bonds. The van der Waals surface area contributed by atoms with E-state index in [1.807, 2.05) is 12.1 Å². The molecule has 19 heavy (non-hydrogen) atoms. The van der Waals surface area contributed by atoms with Crippen molar-refractivity contribution in [2.24, 2.45) is 5.92 Å². The molecule has 5 heteroatoms. The van der Waals surface area contributed by atoms with Crippen LogP contribution in [0.1, 0.15) is 25.3 Å². The van der Waals surface area contributed by atoms with E-state index < -0.39 is 0 Å². The minimum Gasteiger partial charge on any atom is -0.454 e. The Morgan fingerprint density at radius 1 is 1.42 bits per heavy atom. The van der Waals surface area contributed by atoms with Gasteiger partial charge in [0.25, 0.3) is 0 Å². The molecule has 2 rings (SSSR count). The number of halogens is 1. The average Bonchev–Trinajstić information content (AvgIpc) is 2.86. The normalized spacial score (nSPS) is 14.7. The van der Waals surface area contributed by atoms with Gasteiger partial charge in [0.2, 0.25) is 6.79 Å². The van der Waals surface area contributed by atoms with Crippen molar-refractivity contribution in [2.45, 2.75) is 26.3 Å². The summed E-state index contributed by atoms with van der Waals surface area (Å²) < 4.78 is 10.6. The van der Waals surface area contributed by atoms with Crippen LogP contribution in [-0.4, -0.2) is 25.1 Å². The van der Waals surface area contributed by atoms with E-state index in [2.05, 4.69) is 12.2 Å². The first-order chi connectivity index (χ1) is 9.24. The minimum atomic E-state index is 0.236. The van der Waals surface area contributed by atoms with Gasteiger partial charge in [0.15, 0.2) is 11.5 Å². The molecule has 0 radical (unpaired) electrons. The van der Waals surface area contributed by atoms with Crippen molar-refractivity contribution < 1.29 is 14.6 Å². The highest BCUT2D eigenvalue weighted by atomic mass is 35.5. The fraction of sp³-hybridized carbons (Fsp3) is 0.571. The first kappa shape index (κ1) is 14.4. The molecule has 1 aliphatic rings. The molecule has 0 saturated carbocycles. The largest absolute Gasteiger partial charge is 0.454 e. The summed E-state index contributed by atoms with van der Waals surface area (Å²) in [6, 6.07) is 3.85. The second-order valence-electron chi connectivity index (χ2n) is 4.73. The van der Waals surface area contributed by atoms with Crippen LogP contribution in [0.15, 0.2) is 12.1 Å². The molecular formula is C14H20ClNO3. The van der Waals surface area contributed by atoms with Crippen LogP contribution >= 0.6 is 11.6 Å². The number of aliphatic hydroxyl groups is 1. The molecule has 1 aromatic carbocycles. The van der Waals surface area contributed by atoms with E-state index in [1.165, 1.54) is 0 Å². The number of fused-ring (bicyclic) bond motifs is 1. The Kier molecular flexibility index (Phi) is 5.31. The van der Waals surface area contributed by atoms with Crippen molar-refractivity contribution in [3.8, 4) is 11.5 Å². The molecule has 0 bridgehead atoms. The number of aliphatic hydroxyl groups excluding tert-OH is 1. The lowest BCUT2D eigenvalue weighted by Crippen LogP contribution is -2.22. The zero-order chi connectivity index (χ0) is 13.7. The zero-order valence-electron chi connectivity index (χ0n) is 11.1. The van der Waals surface area contributed by atoms with Gasteiger partial charge in [-0.3, -0.25) is 0 Å². The van der Waals surface area contributed by atoms with E-state index in [9.17, 15) is 0 Å². The molecule has 1 heterocycles. The Labute approximate surface area is 118 Å². The topological polar surface area (TPSA) is 50.7 Å². The Morgan fingerprint density at radius 3 is 3.00 bits per heavy atom. The van der Waals surface area contributed by atoms with E-state index in [4.69, 9.17) is 26.2 Å². The Morgan fingerprint density at radius 2 is 2.26 bits per heavy atom. The van der Waals surface area contributed by atoms with Crippen LogP contribution in [0.2, 0.25) is 5.02 Å². The van der Waals surface area contributed by atoms with Gasteiger partial charge in [0, 0.05) is 13.2 Å². The van der Waals surface area contributed by atoms with Crippen LogP contribution in [0.5, 0.6) is 11.5 Å². The second kappa shape index (κ2) is 6.98. The molecule has 0 fully saturated rings. The predicted octanol–water partition coefficient (Wildman–Crippen LogP) is 2.57. The Hall–Kier alpha value is -0.970. The molecule has 1 aliphatic heterocycles. The predicted molar refractivity (Wildman–Crippen MR) is 74.8 cm³/mol. The molecular weight excluding hydrogens is 266 g/mol. The van der Waals surface area contributed by atoms with Crippen LogP contribution in [0.4, 0.5) is 0 Å². The summed E-state index contributed by atoms with van der Waals surface area (Å²) in [6.45, 7) is 4.25. The molecule has 0 aromatic heterocycles. The van der Waals surface area contributed by atoms with Crippen LogP contribution in [0.25, 0.3) is 0 Å². The van der Waals surface area contributed by atoms with Crippen molar-refractivity contribution in [3.63, 3.8) is 0 Å². The quantitative estimate of drug-likeness (QED) is 0.808. The highest BCUT2D eigenvalue weighted by Gasteiger charge is 2.18. The molecule has 1 aromatic rings. The average molecular weight is 286 g/mol. The van der Waals surface area contributed by atoms with Crippen LogP contribution in [0, 0.1) is 5.92 Å². The summed E-state index contributed by atoms with van der Waals surface area (Å²) in [6.07, 6.45) is 1.90. The van der Waals surface area contributed by atoms with Crippen LogP contribution in [0.3, 0.4) is 0 Å². The standard InChI is InChI=1S/C14H20ClNO3/c1-2-10(3-4-17)7-16-8-11-5-12(15)14-13(6-11)18-9-19-14/h5-6,10,16-17H,2-4,7-9H2,1H3. The number of nitrogens with one attached hydrogen (secondary N) is 1. The van der Waals surface area contributed by atoms with Gasteiger partial charge >= 0.3 is 0 Å². The number of rotatable bonds is 7. The molecule has 1 unspecified atom stereocenters. The summed E-state index contributed by atoms with van der Waals surface area (Å²) in [5, 5.41) is 12.9. The van der Waals surface area contributed by atoms with Gasteiger partial charge in [0.05, 0.1) is 5.02 Å². The number of hydrogen-bond acceptors (Lipinski definition) is 4. The maximum absolute atomic E-state index is 8.95. The van der Waals surface area contributed by atoms with Crippen molar-refractivity contribution in [2.75, 3.05) is 19.9 Å². The third-order valence-corrected chi connectivity index (χ3v) is 3.64. The molecule has 2 N–H and O–H groups in total. The Balaban J connectivity index is 1.88. The monoisotopic (exact) mass is 285 g/mol. The summed E-state index contributed by atoms with van der Waals surface area (Å²) in [5.41, 5.74) is 1.08. The number of hydrogen-bond donors (Lipinski definition) is 2. The number of benzene rings is 1. The summed E-state index contributed by atoms with van der Waals surface area (Å²) in [4.78, 5) is 0. The van der Waals surface area contributed by atoms with Gasteiger partial charge < -0.3 is 19.9 Å². The lowest BCUT2D eigenvalue weighted by atomic mass is 10.0. The summed E-state index contributed by atoms with van der Waals surface area (Å²) >= 11 is 6.13. The van der Waals surface area contributed by atoms with Gasteiger partial charge in [0.1, 0.15) is 0 Å². The van der Waals surface area contributed by atoms with Gasteiger partial charge in [-0.05, 0) is 36.6 Å². The highest BCUT2D eigenvalue weighted by molar-refractivity contribution is 6.32. The third-order valence-electron chi connectivity index (χ3n) is 3.36. The van der Waals surface area contributed by atoms with Crippen LogP contribution in [-0.2, 0) is 6.54 Å². The van der Waals surface area contributed by atoms with Gasteiger partial charge in [-0.1, -0.05) is 24.9 Å². The van der Waals surface area contributed by atoms with Crippen molar-refractivity contribution in [1.29, 1.82) is 0 Å². The summed E-state index contributed by atoms with van der Waals surface area (Å²) in [7, 11) is 0. The minimum absolute atomic E-state index is 0.236. The lowest BCUT2D eigenvalue weighted by molar-refractivity contribution is 0.174. The lowest BCUT2D eigenvalue weighted by Gasteiger charge is -2.14. The molecule has 1 atom stereocenters. The SMILES string of the molecule is CCC(CCO)CNCc1cc(Cl)c2c(c1)OCO2. The molecule has 0 saturated heterocycles. The van der Waals surface area contributed by atoms with E-state index in [0.717, 1.165) is 31.5 Å². The molecule has 0 spiro atoms. The first-order valence-electron chi connectivity index (χ1n) is 6.64. The first-order valence-corrected chi connectivity index (χ1v) is 7.02. The second-order valence-corrected chi connectivity index (χ2v) is 5.14. The fourth-order valence-electron chi connectivity index (χ4n) is 2.18. The Bertz CT molecular complexity index is 425. The van der Waals surface area contributed by atoms with Crippen molar-refractivity contribution >= 4 is 11.6 Å². The van der Waals surface area contributed by atoms with Gasteiger partial charge in [-0.25, -0.2) is 0 Å².